The Hall–Kier alpha value is -8.11. The summed E-state index contributed by atoms with van der Waals surface area (Å²) in [6.07, 6.45) is -14.4. The van der Waals surface area contributed by atoms with Crippen molar-refractivity contribution in [2.75, 3.05) is 0 Å². The van der Waals surface area contributed by atoms with Crippen LogP contribution in [0.25, 0.3) is 106 Å². The molecule has 3 aromatic heterocycles. The van der Waals surface area contributed by atoms with Gasteiger partial charge >= 0.3 is 0 Å². The molecule has 9 aromatic carbocycles. The Morgan fingerprint density at radius 1 is 0.547 bits per heavy atom. The van der Waals surface area contributed by atoms with Crippen LogP contribution in [-0.2, 0) is 48.1 Å². The fourth-order valence-electron chi connectivity index (χ4n) is 11.9. The normalized spacial score (nSPS) is 25.8. The number of hydrogen-bond donors (Lipinski definition) is 0. The molecule has 0 aliphatic heterocycles. The van der Waals surface area contributed by atoms with Gasteiger partial charge in [0.15, 0.2) is 0 Å². The third-order valence-electron chi connectivity index (χ3n) is 16.0. The zero-order chi connectivity index (χ0) is 90.1. The minimum absolute atomic E-state index is 0. The molecular formula is C80H72N4OPt-2. The van der Waals surface area contributed by atoms with Crippen LogP contribution in [0.5, 0.6) is 11.5 Å². The van der Waals surface area contributed by atoms with E-state index in [9.17, 15) is 42.5 Å². The predicted octanol–water partition coefficient (Wildman–Crippen LogP) is 20.2. The molecule has 0 saturated heterocycles. The van der Waals surface area contributed by atoms with E-state index in [0.717, 1.165) is 38.6 Å². The number of imidazole rings is 1. The van der Waals surface area contributed by atoms with Crippen LogP contribution in [0.2, 0.25) is 0 Å². The van der Waals surface area contributed by atoms with E-state index in [1.54, 1.807) is 12.3 Å². The van der Waals surface area contributed by atoms with Crippen molar-refractivity contribution in [2.24, 2.45) is 0 Å². The second-order valence-corrected chi connectivity index (χ2v) is 22.6. The molecule has 86 heavy (non-hydrogen) atoms. The maximum absolute atomic E-state index is 11.2. The van der Waals surface area contributed by atoms with Crippen LogP contribution in [0.15, 0.2) is 188 Å². The van der Waals surface area contributed by atoms with E-state index in [4.69, 9.17) is 17.9 Å². The molecule has 0 fully saturated rings. The van der Waals surface area contributed by atoms with Crippen molar-refractivity contribution in [1.82, 2.24) is 14.1 Å². The SMILES string of the molecule is [2H]c1c([2H])c2c(c([2H])c1-c1ccc3c(c1-[n+]1[c-]n(-c4[c-]c(Oc5[c-]c6c(cc5)c5ccccc5n6-c5cc(C(C)(C)C)ccn5)ccc4)c4ccccc41)-c1c([2H])c4c(c([2H])c1-c1ccccc1-c1ccccc1-3)C(C([2H])([2H])[2H])(C([2H])([2H])[2H])C([2H])([2H])C([2H])([2H])C4(C([2H])([2H])[2H])C([2H])([2H])[2H])C(C([2H])([2H])[2H])(C([2H])([2H])[2H])C([2H])([2H])C([2H])([2H])C2(C([2H])([2H])[2H])C([2H])([2H])[2H].[Pt]. The molecule has 15 rings (SSSR count). The molecule has 0 saturated carbocycles. The molecule has 0 atom stereocenters. The number of ether oxygens (including phenoxy) is 1. The Kier molecular flexibility index (Phi) is 6.54. The number of aromatic nitrogens is 4. The molecule has 0 radical (unpaired) electrons. The van der Waals surface area contributed by atoms with Crippen molar-refractivity contribution < 1.29 is 81.1 Å². The average molecular weight is 1340 g/mol. The zero-order valence-electron chi connectivity index (χ0n) is 83.0. The molecule has 12 aromatic rings. The molecular weight excluding hydrogens is 1230 g/mol. The first kappa shape index (κ1) is 28.2. The summed E-state index contributed by atoms with van der Waals surface area (Å²) in [6.45, 7) is -30.3. The Morgan fingerprint density at radius 2 is 1.13 bits per heavy atom. The van der Waals surface area contributed by atoms with E-state index in [2.05, 4.69) is 39.2 Å². The van der Waals surface area contributed by atoms with Crippen LogP contribution >= 0.6 is 0 Å². The summed E-state index contributed by atoms with van der Waals surface area (Å²) in [4.78, 5) is 4.79. The Bertz CT molecular complexity index is 6340. The summed E-state index contributed by atoms with van der Waals surface area (Å²) in [5.74, 6) is 0.699. The minimum Gasteiger partial charge on any atom is -0.510 e. The molecule has 0 spiro atoms. The molecule has 0 bridgehead atoms. The predicted molar refractivity (Wildman–Crippen MR) is 350 cm³/mol. The topological polar surface area (TPSA) is 35.9 Å². The minimum atomic E-state index is -4.87. The van der Waals surface area contributed by atoms with E-state index in [0.29, 0.717) is 11.3 Å². The molecule has 3 aliphatic rings. The number of rotatable bonds is 6. The zero-order valence-corrected chi connectivity index (χ0v) is 48.3. The van der Waals surface area contributed by atoms with Crippen LogP contribution < -0.4 is 9.30 Å². The number of para-hydroxylation sites is 3. The number of benzene rings is 9. The molecule has 6 heteroatoms. The summed E-state index contributed by atoms with van der Waals surface area (Å²) < 4.78 is 366. The van der Waals surface area contributed by atoms with Gasteiger partial charge in [0.1, 0.15) is 5.82 Å². The second-order valence-electron chi connectivity index (χ2n) is 22.6. The number of nitrogens with zero attached hydrogens (tertiary/aromatic N) is 4. The maximum Gasteiger partial charge on any atom is 0.268 e. The molecule has 430 valence electrons. The Morgan fingerprint density at radius 3 is 1.81 bits per heavy atom. The average Bonchev–Trinajstić information content (AvgIpc) is 1.01. The second kappa shape index (κ2) is 20.0. The van der Waals surface area contributed by atoms with Crippen LogP contribution in [0.3, 0.4) is 0 Å². The van der Waals surface area contributed by atoms with Gasteiger partial charge in [0.25, 0.3) is 6.33 Å². The fraction of sp³-hybridized carbons (Fsp3) is 0.250. The van der Waals surface area contributed by atoms with Gasteiger partial charge in [-0.3, -0.25) is 4.57 Å². The Balaban J connectivity index is 0.0000123. The first-order chi connectivity index (χ1) is 55.9. The van der Waals surface area contributed by atoms with Crippen LogP contribution in [0, 0.1) is 18.5 Å². The van der Waals surface area contributed by atoms with Crippen molar-refractivity contribution in [3.05, 3.63) is 234 Å². The summed E-state index contributed by atoms with van der Waals surface area (Å²) in [6, 6.07) is 37.5. The summed E-state index contributed by atoms with van der Waals surface area (Å²) in [5, 5.41) is 1.62. The fourth-order valence-corrected chi connectivity index (χ4v) is 11.9. The van der Waals surface area contributed by atoms with Crippen molar-refractivity contribution >= 4 is 32.8 Å². The molecule has 5 nitrogen and oxygen atoms in total. The Labute approximate surface area is 573 Å². The first-order valence-electron chi connectivity index (χ1n) is 45.7. The largest absolute Gasteiger partial charge is 0.510 e. The molecule has 0 unspecified atom stereocenters. The van der Waals surface area contributed by atoms with Crippen molar-refractivity contribution in [1.29, 1.82) is 0 Å². The number of pyridine rings is 1. The van der Waals surface area contributed by atoms with E-state index in [1.165, 1.54) is 95.6 Å². The van der Waals surface area contributed by atoms with Crippen molar-refractivity contribution in [2.45, 2.75) is 128 Å². The van der Waals surface area contributed by atoms with Gasteiger partial charge in [0.05, 0.1) is 23.6 Å². The summed E-state index contributed by atoms with van der Waals surface area (Å²) in [7, 11) is 0. The van der Waals surface area contributed by atoms with Crippen molar-refractivity contribution in [3.63, 3.8) is 0 Å². The van der Waals surface area contributed by atoms with Gasteiger partial charge in [0, 0.05) is 93.7 Å². The van der Waals surface area contributed by atoms with E-state index < -0.39 is 188 Å². The summed E-state index contributed by atoms with van der Waals surface area (Å²) >= 11 is 0. The van der Waals surface area contributed by atoms with Gasteiger partial charge in [-0.05, 0) is 166 Å². The standard InChI is InChI=1S/C80H72N4O.Pt/c1-76(2,3)51-37-42-81-73(44-51)84-69-28-17-16-27-60(69)61-33-32-54(46-72(61)84)85-53-22-20-21-52(45-53)82-49-83(71-30-19-18-29-70(71)82)75-55(50-31-36-65-66(43-50)78(6,7)39-38-77(65,4)5)34-35-62-58-25-14-12-23-56(58)57-24-13-15-26-59(57)63-47-67-68(48-64(63)74(62)75)80(10,11)41-40-79(67,8)9;/h12-37,42-44,47-48H,38-41H2,1-11H3;/q-2;/i4D3,5D3,6D3,7D3,8D3,9D3,10D3,11D3,31D,36D,38D2,39D2,40D2,41D2,43D,47D,48D;. The summed E-state index contributed by atoms with van der Waals surface area (Å²) in [5.41, 5.74) is -30.1. The molecule has 3 aliphatic carbocycles. The van der Waals surface area contributed by atoms with Gasteiger partial charge in [0.2, 0.25) is 0 Å². The van der Waals surface area contributed by atoms with E-state index in [1.807, 2.05) is 47.0 Å². The quantitative estimate of drug-likeness (QED) is 0.123. The van der Waals surface area contributed by atoms with Crippen LogP contribution in [0.1, 0.15) is 180 Å². The third kappa shape index (κ3) is 8.88. The van der Waals surface area contributed by atoms with E-state index >= 15 is 0 Å². The van der Waals surface area contributed by atoms with Gasteiger partial charge in [-0.1, -0.05) is 208 Å². The van der Waals surface area contributed by atoms with Crippen LogP contribution in [0.4, 0.5) is 0 Å². The maximum atomic E-state index is 11.2. The van der Waals surface area contributed by atoms with Gasteiger partial charge in [-0.25, -0.2) is 4.98 Å². The van der Waals surface area contributed by atoms with Crippen molar-refractivity contribution in [3.8, 4) is 84.3 Å². The van der Waals surface area contributed by atoms with E-state index in [-0.39, 0.29) is 82.5 Å². The third-order valence-corrected chi connectivity index (χ3v) is 16.0. The smallest absolute Gasteiger partial charge is 0.268 e. The molecule has 0 amide bonds. The molecule has 3 heterocycles. The van der Waals surface area contributed by atoms with Gasteiger partial charge in [-0.2, -0.15) is 18.2 Å². The number of hydrogen-bond acceptors (Lipinski definition) is 2. The number of fused-ring (bicyclic) bond motifs is 14. The van der Waals surface area contributed by atoms with Gasteiger partial charge < -0.3 is 13.9 Å². The van der Waals surface area contributed by atoms with Gasteiger partial charge in [-0.15, -0.1) is 29.7 Å². The van der Waals surface area contributed by atoms with Crippen LogP contribution in [-0.4, -0.2) is 14.1 Å². The molecule has 0 N–H and O–H groups in total. The monoisotopic (exact) mass is 1340 g/mol. The first-order valence-corrected chi connectivity index (χ1v) is 27.2.